The molecule has 0 saturated heterocycles. The van der Waals surface area contributed by atoms with E-state index in [0.29, 0.717) is 16.1 Å². The smallest absolute Gasteiger partial charge is 0.495 e. The molecular weight excluding hydrogens is 637 g/mol. The van der Waals surface area contributed by atoms with E-state index in [1.807, 2.05) is 0 Å². The van der Waals surface area contributed by atoms with Crippen molar-refractivity contribution in [2.24, 2.45) is 0 Å². The van der Waals surface area contributed by atoms with Gasteiger partial charge >= 0.3 is 17.8 Å². The van der Waals surface area contributed by atoms with Crippen LogP contribution in [0.2, 0.25) is 10.0 Å². The molecule has 44 heavy (non-hydrogen) atoms. The monoisotopic (exact) mass is 665 g/mol. The number of carbonyl (C=O) groups is 2. The second-order valence-corrected chi connectivity index (χ2v) is 13.4. The zero-order chi connectivity index (χ0) is 32.6. The second-order valence-electron chi connectivity index (χ2n) is 10.0. The van der Waals surface area contributed by atoms with Crippen LogP contribution in [-0.2, 0) is 28.8 Å². The summed E-state index contributed by atoms with van der Waals surface area (Å²) in [6.07, 6.45) is -2.33. The molecule has 12 nitrogen and oxygen atoms in total. The van der Waals surface area contributed by atoms with E-state index in [1.165, 1.54) is 46.1 Å². The standard InChI is InChI=1S/C29H29Cl2N3O9S/c1-7-41-28(37)43-16(3)42-26(35)20-11-15(2)24-25(32-20)34(27(36)33-24)21-14-23(22(40-6)13-19(21)31)44(38,39)29(4,5)17-9-8-10-18(30)12-17/h8-14,16H,7H2,1-6H3,(H,33,36). The first-order valence-corrected chi connectivity index (χ1v) is 15.4. The second kappa shape index (κ2) is 12.5. The number of hydrogen-bond acceptors (Lipinski definition) is 10. The van der Waals surface area contributed by atoms with E-state index in [1.54, 1.807) is 38.1 Å². The average Bonchev–Trinajstić information content (AvgIpc) is 3.28. The molecule has 1 atom stereocenters. The summed E-state index contributed by atoms with van der Waals surface area (Å²) in [5, 5.41) is 0.325. The van der Waals surface area contributed by atoms with E-state index in [4.69, 9.17) is 37.4 Å². The van der Waals surface area contributed by atoms with Crippen LogP contribution in [0.5, 0.6) is 5.75 Å². The molecule has 0 aliphatic carbocycles. The van der Waals surface area contributed by atoms with Crippen LogP contribution >= 0.6 is 23.2 Å². The minimum absolute atomic E-state index is 0.0340. The largest absolute Gasteiger partial charge is 0.511 e. The molecule has 0 aliphatic heterocycles. The number of aromatic amines is 1. The fraction of sp³-hybridized carbons (Fsp3) is 0.310. The number of fused-ring (bicyclic) bond motifs is 1. The maximum atomic E-state index is 14.2. The predicted octanol–water partition coefficient (Wildman–Crippen LogP) is 5.72. The topological polar surface area (TPSA) is 156 Å². The lowest BCUT2D eigenvalue weighted by atomic mass is 10.0. The van der Waals surface area contributed by atoms with Gasteiger partial charge in [0.2, 0.25) is 6.29 Å². The van der Waals surface area contributed by atoms with Gasteiger partial charge in [-0.1, -0.05) is 35.3 Å². The van der Waals surface area contributed by atoms with E-state index in [0.717, 1.165) is 4.57 Å². The Kier molecular flexibility index (Phi) is 9.33. The molecule has 2 aromatic carbocycles. The van der Waals surface area contributed by atoms with Crippen molar-refractivity contribution in [3.63, 3.8) is 0 Å². The van der Waals surface area contributed by atoms with Crippen molar-refractivity contribution in [3.8, 4) is 11.4 Å². The lowest BCUT2D eigenvalue weighted by molar-refractivity contribution is -0.0814. The summed E-state index contributed by atoms with van der Waals surface area (Å²) >= 11 is 12.7. The number of H-pyrrole nitrogens is 1. The van der Waals surface area contributed by atoms with Gasteiger partial charge in [0.25, 0.3) is 0 Å². The minimum atomic E-state index is -4.22. The Morgan fingerprint density at radius 1 is 1.11 bits per heavy atom. The summed E-state index contributed by atoms with van der Waals surface area (Å²) < 4.78 is 48.0. The molecule has 0 bridgehead atoms. The summed E-state index contributed by atoms with van der Waals surface area (Å²) in [6.45, 7) is 7.64. The number of nitrogens with zero attached hydrogens (tertiary/aromatic N) is 2. The van der Waals surface area contributed by atoms with Crippen LogP contribution in [0.25, 0.3) is 16.9 Å². The number of halogens is 2. The lowest BCUT2D eigenvalue weighted by Gasteiger charge is -2.27. The van der Waals surface area contributed by atoms with Crippen LogP contribution in [0.4, 0.5) is 4.79 Å². The fourth-order valence-electron chi connectivity index (χ4n) is 4.44. The molecule has 4 rings (SSSR count). The zero-order valence-corrected chi connectivity index (χ0v) is 26.9. The molecule has 0 aliphatic rings. The van der Waals surface area contributed by atoms with E-state index in [9.17, 15) is 22.8 Å². The molecule has 2 aromatic heterocycles. The highest BCUT2D eigenvalue weighted by Crippen LogP contribution is 2.42. The molecular formula is C29H29Cl2N3O9S. The van der Waals surface area contributed by atoms with Crippen LogP contribution in [0.15, 0.2) is 52.2 Å². The average molecular weight is 667 g/mol. The van der Waals surface area contributed by atoms with Crippen molar-refractivity contribution >= 4 is 56.3 Å². The summed E-state index contributed by atoms with van der Waals surface area (Å²) in [5.74, 6) is -1.01. The number of carbonyl (C=O) groups excluding carboxylic acids is 2. The summed E-state index contributed by atoms with van der Waals surface area (Å²) in [7, 11) is -2.92. The predicted molar refractivity (Wildman–Crippen MR) is 163 cm³/mol. The number of imidazole rings is 1. The first kappa shape index (κ1) is 32.8. The molecule has 0 spiro atoms. The maximum Gasteiger partial charge on any atom is 0.511 e. The van der Waals surface area contributed by atoms with E-state index >= 15 is 0 Å². The van der Waals surface area contributed by atoms with Crippen LogP contribution in [0.1, 0.15) is 49.3 Å². The summed E-state index contributed by atoms with van der Waals surface area (Å²) in [4.78, 5) is 44.5. The van der Waals surface area contributed by atoms with E-state index < -0.39 is 38.7 Å². The minimum Gasteiger partial charge on any atom is -0.495 e. The Hall–Kier alpha value is -4.07. The number of esters is 1. The van der Waals surface area contributed by atoms with Crippen molar-refractivity contribution in [3.05, 3.63) is 79.8 Å². The molecule has 0 fully saturated rings. The highest BCUT2D eigenvalue weighted by atomic mass is 35.5. The number of rotatable bonds is 9. The van der Waals surface area contributed by atoms with E-state index in [2.05, 4.69) is 14.7 Å². The molecule has 1 N–H and O–H groups in total. The third-order valence-electron chi connectivity index (χ3n) is 6.81. The van der Waals surface area contributed by atoms with Gasteiger partial charge in [-0.25, -0.2) is 32.4 Å². The van der Waals surface area contributed by atoms with Gasteiger partial charge in [0, 0.05) is 18.0 Å². The Bertz CT molecular complexity index is 1930. The molecule has 15 heteroatoms. The van der Waals surface area contributed by atoms with Gasteiger partial charge in [0.05, 0.1) is 34.7 Å². The highest BCUT2D eigenvalue weighted by molar-refractivity contribution is 7.92. The number of methoxy groups -OCH3 is 1. The third-order valence-corrected chi connectivity index (χ3v) is 9.82. The third kappa shape index (κ3) is 6.12. The lowest BCUT2D eigenvalue weighted by Crippen LogP contribution is -2.30. The Labute approximate surface area is 262 Å². The van der Waals surface area contributed by atoms with Crippen molar-refractivity contribution in [1.82, 2.24) is 14.5 Å². The Morgan fingerprint density at radius 3 is 2.45 bits per heavy atom. The molecule has 234 valence electrons. The van der Waals surface area contributed by atoms with Crippen LogP contribution in [0, 0.1) is 6.92 Å². The molecule has 0 amide bonds. The SMILES string of the molecule is CCOC(=O)OC(C)OC(=O)c1cc(C)c2[nH]c(=O)n(-c3cc(S(=O)(=O)C(C)(C)c4cccc(Cl)c4)c(OC)cc3Cl)c2n1. The van der Waals surface area contributed by atoms with Crippen LogP contribution < -0.4 is 10.4 Å². The number of nitrogens with one attached hydrogen (secondary N) is 1. The van der Waals surface area contributed by atoms with Gasteiger partial charge in [-0.05, 0) is 63.1 Å². The molecule has 0 radical (unpaired) electrons. The number of ether oxygens (including phenoxy) is 4. The van der Waals surface area contributed by atoms with Crippen molar-refractivity contribution in [1.29, 1.82) is 0 Å². The first-order valence-electron chi connectivity index (χ1n) is 13.2. The molecule has 4 aromatic rings. The van der Waals surface area contributed by atoms with Crippen LogP contribution in [-0.4, -0.2) is 55.1 Å². The Morgan fingerprint density at radius 2 is 1.82 bits per heavy atom. The number of aryl methyl sites for hydroxylation is 1. The van der Waals surface area contributed by atoms with Gasteiger partial charge in [0.15, 0.2) is 21.2 Å². The van der Waals surface area contributed by atoms with Gasteiger partial charge in [-0.2, -0.15) is 0 Å². The molecule has 2 heterocycles. The van der Waals surface area contributed by atoms with Gasteiger partial charge in [-0.3, -0.25) is 0 Å². The van der Waals surface area contributed by atoms with Crippen LogP contribution in [0.3, 0.4) is 0 Å². The normalized spacial score (nSPS) is 12.5. The fourth-order valence-corrected chi connectivity index (χ4v) is 6.53. The van der Waals surface area contributed by atoms with Gasteiger partial charge < -0.3 is 23.9 Å². The number of sulfone groups is 1. The van der Waals surface area contributed by atoms with Crippen molar-refractivity contribution in [2.45, 2.75) is 50.6 Å². The molecule has 1 unspecified atom stereocenters. The van der Waals surface area contributed by atoms with Crippen molar-refractivity contribution < 1.29 is 37.0 Å². The molecule has 0 saturated carbocycles. The number of benzene rings is 2. The van der Waals surface area contributed by atoms with Gasteiger partial charge in [-0.15, -0.1) is 0 Å². The number of aromatic nitrogens is 3. The Balaban J connectivity index is 1.86. The number of pyridine rings is 1. The van der Waals surface area contributed by atoms with Gasteiger partial charge in [0.1, 0.15) is 10.6 Å². The summed E-state index contributed by atoms with van der Waals surface area (Å²) in [5.41, 5.74) is 0.126. The maximum absolute atomic E-state index is 14.2. The highest BCUT2D eigenvalue weighted by Gasteiger charge is 2.40. The summed E-state index contributed by atoms with van der Waals surface area (Å²) in [6, 6.07) is 10.3. The first-order chi connectivity index (χ1) is 20.6. The number of hydrogen-bond donors (Lipinski definition) is 1. The quantitative estimate of drug-likeness (QED) is 0.173. The zero-order valence-electron chi connectivity index (χ0n) is 24.6. The van der Waals surface area contributed by atoms with Crippen molar-refractivity contribution in [2.75, 3.05) is 13.7 Å². The van der Waals surface area contributed by atoms with E-state index in [-0.39, 0.29) is 44.8 Å².